The van der Waals surface area contributed by atoms with Crippen LogP contribution in [0.1, 0.15) is 53.4 Å². The summed E-state index contributed by atoms with van der Waals surface area (Å²) in [5.41, 5.74) is -0.395. The van der Waals surface area contributed by atoms with Crippen LogP contribution in [0.2, 0.25) is 0 Å². The molecule has 0 aliphatic rings. The van der Waals surface area contributed by atoms with Gasteiger partial charge in [0, 0.05) is 34.6 Å². The van der Waals surface area contributed by atoms with Crippen molar-refractivity contribution in [2.45, 2.75) is 39.3 Å². The molecule has 2 atom stereocenters. The minimum Gasteiger partial charge on any atom is -0.549 e. The molecule has 1 heterocycles. The van der Waals surface area contributed by atoms with E-state index in [2.05, 4.69) is 0 Å². The highest BCUT2D eigenvalue weighted by atomic mass is 19.4. The van der Waals surface area contributed by atoms with Crippen molar-refractivity contribution in [3.05, 3.63) is 64.6 Å². The van der Waals surface area contributed by atoms with Gasteiger partial charge in [-0.1, -0.05) is 20.3 Å². The summed E-state index contributed by atoms with van der Waals surface area (Å²) in [4.78, 5) is 25.4. The summed E-state index contributed by atoms with van der Waals surface area (Å²) >= 11 is 0. The molecule has 0 bridgehead atoms. The molecule has 176 valence electrons. The van der Waals surface area contributed by atoms with E-state index in [-0.39, 0.29) is 34.0 Å². The topological polar surface area (TPSA) is 71.4 Å². The van der Waals surface area contributed by atoms with Crippen LogP contribution < -0.4 is 9.84 Å². The molecule has 3 rings (SSSR count). The quantitative estimate of drug-likeness (QED) is 0.497. The number of rotatable bonds is 6. The smallest absolute Gasteiger partial charge is 0.416 e. The fraction of sp³-hybridized carbons (Fsp3) is 0.333. The van der Waals surface area contributed by atoms with Crippen LogP contribution in [0, 0.1) is 18.7 Å². The van der Waals surface area contributed by atoms with Crippen LogP contribution >= 0.6 is 0 Å². The molecule has 0 N–H and O–H groups in total. The summed E-state index contributed by atoms with van der Waals surface area (Å²) in [5, 5.41) is 12.4. The Balaban J connectivity index is 2.30. The second kappa shape index (κ2) is 8.88. The van der Waals surface area contributed by atoms with Gasteiger partial charge in [-0.2, -0.15) is 13.2 Å². The number of hydrogen-bond donors (Lipinski definition) is 0. The first-order chi connectivity index (χ1) is 15.4. The number of carbonyl (C=O) groups excluding carboxylic acids is 2. The Hall–Kier alpha value is -3.36. The third-order valence-corrected chi connectivity index (χ3v) is 5.97. The Labute approximate surface area is 187 Å². The highest BCUT2D eigenvalue weighted by molar-refractivity contribution is 6.05. The molecule has 5 nitrogen and oxygen atoms in total. The predicted molar refractivity (Wildman–Crippen MR) is 112 cm³/mol. The second-order valence-corrected chi connectivity index (χ2v) is 7.90. The van der Waals surface area contributed by atoms with E-state index in [1.807, 2.05) is 6.92 Å². The van der Waals surface area contributed by atoms with Gasteiger partial charge in [0.1, 0.15) is 0 Å². The maximum absolute atomic E-state index is 14.6. The number of methoxy groups -OCH3 is 1. The fourth-order valence-electron chi connectivity index (χ4n) is 4.05. The number of aromatic nitrogens is 1. The Kier molecular flexibility index (Phi) is 6.53. The average Bonchev–Trinajstić information content (AvgIpc) is 3.02. The molecule has 1 unspecified atom stereocenters. The lowest BCUT2D eigenvalue weighted by molar-refractivity contribution is -0.309. The largest absolute Gasteiger partial charge is 0.549 e. The number of halogens is 4. The Morgan fingerprint density at radius 1 is 1.15 bits per heavy atom. The van der Waals surface area contributed by atoms with Gasteiger partial charge in [-0.3, -0.25) is 9.36 Å². The molecule has 0 saturated carbocycles. The molecule has 0 radical (unpaired) electrons. The second-order valence-electron chi connectivity index (χ2n) is 7.90. The summed E-state index contributed by atoms with van der Waals surface area (Å²) in [6.07, 6.45) is -4.07. The lowest BCUT2D eigenvalue weighted by atomic mass is 9.84. The highest BCUT2D eigenvalue weighted by Crippen LogP contribution is 2.39. The first kappa shape index (κ1) is 24.3. The Morgan fingerprint density at radius 2 is 1.76 bits per heavy atom. The molecule has 0 spiro atoms. The van der Waals surface area contributed by atoms with Gasteiger partial charge < -0.3 is 14.6 Å². The van der Waals surface area contributed by atoms with Crippen LogP contribution in [0.5, 0.6) is 5.75 Å². The molecule has 0 aliphatic heterocycles. The first-order valence-corrected chi connectivity index (χ1v) is 10.2. The first-order valence-electron chi connectivity index (χ1n) is 10.2. The van der Waals surface area contributed by atoms with Gasteiger partial charge >= 0.3 is 6.18 Å². The zero-order valence-corrected chi connectivity index (χ0v) is 18.4. The van der Waals surface area contributed by atoms with E-state index < -0.39 is 35.4 Å². The number of ether oxygens (including phenoxy) is 1. The van der Waals surface area contributed by atoms with Crippen molar-refractivity contribution in [3.63, 3.8) is 0 Å². The van der Waals surface area contributed by atoms with Crippen molar-refractivity contribution in [2.75, 3.05) is 7.11 Å². The van der Waals surface area contributed by atoms with E-state index in [1.54, 1.807) is 6.92 Å². The third kappa shape index (κ3) is 4.31. The number of carboxylic acid groups (broad SMARTS) is 1. The fourth-order valence-corrected chi connectivity index (χ4v) is 4.05. The van der Waals surface area contributed by atoms with E-state index in [4.69, 9.17) is 4.74 Å². The molecule has 9 heteroatoms. The normalized spacial score (nSPS) is 13.7. The minimum absolute atomic E-state index is 0.0701. The third-order valence-electron chi connectivity index (χ3n) is 5.97. The van der Waals surface area contributed by atoms with Crippen LogP contribution in [-0.4, -0.2) is 23.6 Å². The maximum Gasteiger partial charge on any atom is 0.416 e. The van der Waals surface area contributed by atoms with E-state index >= 15 is 0 Å². The number of alkyl halides is 3. The monoisotopic (exact) mass is 464 g/mol. The lowest BCUT2D eigenvalue weighted by Crippen LogP contribution is -2.33. The van der Waals surface area contributed by atoms with Crippen molar-refractivity contribution in [3.8, 4) is 5.75 Å². The minimum atomic E-state index is -4.57. The SMILES string of the molecule is CCC(C)[C@H](C(=O)[O-])c1c(C)n(C(=O)c2ccc(C(F)(F)F)cc2)c2cc(F)c(OC)cc12. The molecule has 0 saturated heterocycles. The molecular weight excluding hydrogens is 442 g/mol. The lowest BCUT2D eigenvalue weighted by Gasteiger charge is -2.25. The number of carbonyl (C=O) groups is 2. The van der Waals surface area contributed by atoms with E-state index in [1.165, 1.54) is 20.1 Å². The maximum atomic E-state index is 14.6. The van der Waals surface area contributed by atoms with Crippen LogP contribution in [0.25, 0.3) is 10.9 Å². The van der Waals surface area contributed by atoms with Crippen molar-refractivity contribution < 1.29 is 37.0 Å². The van der Waals surface area contributed by atoms with Gasteiger partial charge in [-0.15, -0.1) is 0 Å². The van der Waals surface area contributed by atoms with Crippen LogP contribution in [-0.2, 0) is 11.0 Å². The van der Waals surface area contributed by atoms with Gasteiger partial charge in [0.05, 0.1) is 18.2 Å². The molecule has 3 aromatic rings. The van der Waals surface area contributed by atoms with Crippen molar-refractivity contribution in [1.82, 2.24) is 4.57 Å². The zero-order chi connectivity index (χ0) is 24.7. The van der Waals surface area contributed by atoms with E-state index in [0.29, 0.717) is 11.8 Å². The van der Waals surface area contributed by atoms with Crippen LogP contribution in [0.4, 0.5) is 17.6 Å². The Morgan fingerprint density at radius 3 is 2.24 bits per heavy atom. The van der Waals surface area contributed by atoms with Gasteiger partial charge in [0.2, 0.25) is 0 Å². The number of nitrogens with zero attached hydrogens (tertiary/aromatic N) is 1. The summed E-state index contributed by atoms with van der Waals surface area (Å²) < 4.78 is 59.4. The standard InChI is InChI=1S/C24H23F4NO4/c1-5-12(2)20(23(31)32)21-13(3)29(18-11-17(25)19(33-4)10-16(18)21)22(30)14-6-8-15(9-7-14)24(26,27)28/h6-12,20H,5H2,1-4H3,(H,31,32)/p-1/t12?,20-/m0/s1. The zero-order valence-electron chi connectivity index (χ0n) is 18.4. The summed E-state index contributed by atoms with van der Waals surface area (Å²) in [6, 6.07) is 5.99. The number of carboxylic acids is 1. The average molecular weight is 464 g/mol. The van der Waals surface area contributed by atoms with Crippen molar-refractivity contribution in [1.29, 1.82) is 0 Å². The summed E-state index contributed by atoms with van der Waals surface area (Å²) in [6.45, 7) is 5.05. The molecule has 33 heavy (non-hydrogen) atoms. The van der Waals surface area contributed by atoms with Crippen LogP contribution in [0.15, 0.2) is 36.4 Å². The molecular formula is C24H22F4NO4-. The molecule has 0 fully saturated rings. The molecule has 0 aliphatic carbocycles. The highest BCUT2D eigenvalue weighted by Gasteiger charge is 2.32. The predicted octanol–water partition coefficient (Wildman–Crippen LogP) is 4.68. The number of benzene rings is 2. The molecule has 0 amide bonds. The number of aliphatic carboxylic acids is 1. The van der Waals surface area contributed by atoms with Gasteiger partial charge in [-0.05, 0) is 48.7 Å². The van der Waals surface area contributed by atoms with Gasteiger partial charge in [0.25, 0.3) is 5.91 Å². The van der Waals surface area contributed by atoms with Crippen molar-refractivity contribution in [2.24, 2.45) is 5.92 Å². The van der Waals surface area contributed by atoms with E-state index in [0.717, 1.165) is 34.9 Å². The molecule has 2 aromatic carbocycles. The number of hydrogen-bond acceptors (Lipinski definition) is 4. The van der Waals surface area contributed by atoms with Gasteiger partial charge in [0.15, 0.2) is 11.6 Å². The molecule has 1 aromatic heterocycles. The van der Waals surface area contributed by atoms with Crippen LogP contribution in [0.3, 0.4) is 0 Å². The van der Waals surface area contributed by atoms with Gasteiger partial charge in [-0.25, -0.2) is 4.39 Å². The summed E-state index contributed by atoms with van der Waals surface area (Å²) in [7, 11) is 1.26. The van der Waals surface area contributed by atoms with E-state index in [9.17, 15) is 32.3 Å². The number of fused-ring (bicyclic) bond motifs is 1. The Bertz CT molecular complexity index is 1210. The van der Waals surface area contributed by atoms with Crippen molar-refractivity contribution >= 4 is 22.8 Å². The summed E-state index contributed by atoms with van der Waals surface area (Å²) in [5.74, 6) is -4.45.